The molecule has 0 aromatic carbocycles. The van der Waals surface area contributed by atoms with Crippen LogP contribution in [0, 0.1) is 17.8 Å². The van der Waals surface area contributed by atoms with Crippen LogP contribution >= 0.6 is 0 Å². The summed E-state index contributed by atoms with van der Waals surface area (Å²) in [7, 11) is 1.58. The lowest BCUT2D eigenvalue weighted by Gasteiger charge is -2.28. The van der Waals surface area contributed by atoms with Crippen LogP contribution in [0.4, 0.5) is 0 Å². The minimum absolute atomic E-state index is 0.0199. The molecular weight excluding hydrogens is 208 g/mol. The molecule has 16 heavy (non-hydrogen) atoms. The number of carbonyl (C=O) groups is 2. The van der Waals surface area contributed by atoms with Crippen LogP contribution in [0.1, 0.15) is 19.3 Å². The zero-order valence-electron chi connectivity index (χ0n) is 9.40. The van der Waals surface area contributed by atoms with E-state index in [-0.39, 0.29) is 24.4 Å². The van der Waals surface area contributed by atoms with Crippen molar-refractivity contribution < 1.29 is 14.7 Å². The van der Waals surface area contributed by atoms with Gasteiger partial charge in [-0.05, 0) is 31.1 Å². The number of hydrogen-bond donors (Lipinski definition) is 3. The summed E-state index contributed by atoms with van der Waals surface area (Å²) in [6, 6.07) is -0.0199. The maximum atomic E-state index is 11.2. The van der Waals surface area contributed by atoms with Crippen molar-refractivity contribution in [2.45, 2.75) is 25.3 Å². The second-order valence-electron chi connectivity index (χ2n) is 4.78. The Kier molecular flexibility index (Phi) is 3.14. The monoisotopic (exact) mass is 226 g/mol. The Morgan fingerprint density at radius 1 is 1.31 bits per heavy atom. The molecule has 0 saturated heterocycles. The zero-order valence-corrected chi connectivity index (χ0v) is 9.40. The summed E-state index contributed by atoms with van der Waals surface area (Å²) in [5.74, 6) is -0.364. The quantitative estimate of drug-likeness (QED) is 0.621. The van der Waals surface area contributed by atoms with E-state index in [2.05, 4.69) is 10.6 Å². The molecule has 2 bridgehead atoms. The predicted octanol–water partition coefficient (Wildman–Crippen LogP) is -0.179. The Balaban J connectivity index is 1.96. The number of aliphatic carboxylic acids is 1. The summed E-state index contributed by atoms with van der Waals surface area (Å²) >= 11 is 0. The first-order chi connectivity index (χ1) is 7.63. The lowest BCUT2D eigenvalue weighted by molar-refractivity contribution is -0.144. The Bertz CT molecular complexity index is 306. The highest BCUT2D eigenvalue weighted by Crippen LogP contribution is 2.48. The minimum atomic E-state index is -0.721. The van der Waals surface area contributed by atoms with Crippen molar-refractivity contribution in [1.82, 2.24) is 10.6 Å². The number of carboxylic acid groups (broad SMARTS) is 1. The average molecular weight is 226 g/mol. The standard InChI is InChI=1S/C11H18N2O3/c1-12-8(14)5-13-10-7-3-2-6(4-7)9(10)11(15)16/h6-7,9-10,13H,2-5H2,1H3,(H,12,14)(H,15,16). The van der Waals surface area contributed by atoms with Gasteiger partial charge < -0.3 is 15.7 Å². The number of likely N-dealkylation sites (N-methyl/N-ethyl adjacent to an activating group) is 1. The number of carboxylic acids is 1. The Labute approximate surface area is 94.6 Å². The molecule has 0 aromatic rings. The first-order valence-corrected chi connectivity index (χ1v) is 5.80. The molecule has 2 rings (SSSR count). The Morgan fingerprint density at radius 3 is 2.62 bits per heavy atom. The third-order valence-corrected chi connectivity index (χ3v) is 3.98. The van der Waals surface area contributed by atoms with Crippen molar-refractivity contribution in [3.8, 4) is 0 Å². The Hall–Kier alpha value is -1.10. The van der Waals surface area contributed by atoms with E-state index in [1.54, 1.807) is 7.05 Å². The van der Waals surface area contributed by atoms with Crippen LogP contribution in [-0.4, -0.2) is 36.6 Å². The van der Waals surface area contributed by atoms with E-state index >= 15 is 0 Å². The van der Waals surface area contributed by atoms with Crippen molar-refractivity contribution in [1.29, 1.82) is 0 Å². The van der Waals surface area contributed by atoms with Gasteiger partial charge >= 0.3 is 5.97 Å². The van der Waals surface area contributed by atoms with Crippen LogP contribution in [0.5, 0.6) is 0 Å². The molecule has 1 amide bonds. The second-order valence-corrected chi connectivity index (χ2v) is 4.78. The van der Waals surface area contributed by atoms with Gasteiger partial charge in [0.15, 0.2) is 0 Å². The molecule has 2 aliphatic rings. The summed E-state index contributed by atoms with van der Waals surface area (Å²) in [6.45, 7) is 0.216. The van der Waals surface area contributed by atoms with Gasteiger partial charge in [0.1, 0.15) is 0 Å². The molecule has 0 radical (unpaired) electrons. The predicted molar refractivity (Wildman–Crippen MR) is 57.8 cm³/mol. The lowest BCUT2D eigenvalue weighted by Crippen LogP contribution is -2.47. The van der Waals surface area contributed by atoms with E-state index in [0.717, 1.165) is 19.3 Å². The van der Waals surface area contributed by atoms with Gasteiger partial charge in [-0.15, -0.1) is 0 Å². The highest BCUT2D eigenvalue weighted by Gasteiger charge is 2.50. The first-order valence-electron chi connectivity index (χ1n) is 5.80. The van der Waals surface area contributed by atoms with Crippen LogP contribution in [0.25, 0.3) is 0 Å². The van der Waals surface area contributed by atoms with Gasteiger partial charge in [0.25, 0.3) is 0 Å². The SMILES string of the molecule is CNC(=O)CNC1C2CCC(C2)C1C(=O)O. The third kappa shape index (κ3) is 1.91. The van der Waals surface area contributed by atoms with Gasteiger partial charge in [-0.25, -0.2) is 0 Å². The van der Waals surface area contributed by atoms with Gasteiger partial charge in [0.2, 0.25) is 5.91 Å². The number of nitrogens with one attached hydrogen (secondary N) is 2. The number of carbonyl (C=O) groups excluding carboxylic acids is 1. The largest absolute Gasteiger partial charge is 0.481 e. The molecule has 0 heterocycles. The fourth-order valence-electron chi connectivity index (χ4n) is 3.24. The summed E-state index contributed by atoms with van der Waals surface area (Å²) in [5.41, 5.74) is 0. The highest BCUT2D eigenvalue weighted by atomic mass is 16.4. The molecule has 5 heteroatoms. The van der Waals surface area contributed by atoms with Crippen molar-refractivity contribution in [2.24, 2.45) is 17.8 Å². The molecule has 5 nitrogen and oxygen atoms in total. The Morgan fingerprint density at radius 2 is 2.00 bits per heavy atom. The van der Waals surface area contributed by atoms with Crippen LogP contribution in [0.15, 0.2) is 0 Å². The van der Waals surface area contributed by atoms with Gasteiger partial charge in [0, 0.05) is 13.1 Å². The minimum Gasteiger partial charge on any atom is -0.481 e. The van der Waals surface area contributed by atoms with E-state index in [1.165, 1.54) is 0 Å². The first kappa shape index (κ1) is 11.4. The second kappa shape index (κ2) is 4.41. The molecular formula is C11H18N2O3. The van der Waals surface area contributed by atoms with E-state index in [0.29, 0.717) is 11.8 Å². The number of rotatable bonds is 4. The topological polar surface area (TPSA) is 78.4 Å². The van der Waals surface area contributed by atoms with Crippen molar-refractivity contribution >= 4 is 11.9 Å². The van der Waals surface area contributed by atoms with Crippen LogP contribution < -0.4 is 10.6 Å². The molecule has 2 aliphatic carbocycles. The average Bonchev–Trinajstić information content (AvgIpc) is 2.84. The molecule has 3 N–H and O–H groups in total. The summed E-state index contributed by atoms with van der Waals surface area (Å²) in [6.07, 6.45) is 3.13. The fraction of sp³-hybridized carbons (Fsp3) is 0.818. The molecule has 2 fully saturated rings. The van der Waals surface area contributed by atoms with Crippen LogP contribution in [0.3, 0.4) is 0 Å². The number of amides is 1. The van der Waals surface area contributed by atoms with E-state index in [9.17, 15) is 14.7 Å². The fourth-order valence-corrected chi connectivity index (χ4v) is 3.24. The summed E-state index contributed by atoms with van der Waals surface area (Å²) in [5, 5.41) is 14.8. The van der Waals surface area contributed by atoms with Crippen molar-refractivity contribution in [3.05, 3.63) is 0 Å². The zero-order chi connectivity index (χ0) is 11.7. The van der Waals surface area contributed by atoms with Gasteiger partial charge in [-0.2, -0.15) is 0 Å². The summed E-state index contributed by atoms with van der Waals surface area (Å²) < 4.78 is 0. The molecule has 0 aliphatic heterocycles. The van der Waals surface area contributed by atoms with E-state index in [4.69, 9.17) is 0 Å². The van der Waals surface area contributed by atoms with Gasteiger partial charge in [0.05, 0.1) is 12.5 Å². The third-order valence-electron chi connectivity index (χ3n) is 3.98. The van der Waals surface area contributed by atoms with E-state index in [1.807, 2.05) is 0 Å². The molecule has 0 spiro atoms. The van der Waals surface area contributed by atoms with Crippen molar-refractivity contribution in [3.63, 3.8) is 0 Å². The molecule has 2 saturated carbocycles. The number of hydrogen-bond acceptors (Lipinski definition) is 3. The summed E-state index contributed by atoms with van der Waals surface area (Å²) in [4.78, 5) is 22.3. The molecule has 90 valence electrons. The highest BCUT2D eigenvalue weighted by molar-refractivity contribution is 5.78. The molecule has 4 unspecified atom stereocenters. The molecule has 0 aromatic heterocycles. The van der Waals surface area contributed by atoms with Crippen LogP contribution in [-0.2, 0) is 9.59 Å². The maximum absolute atomic E-state index is 11.2. The number of fused-ring (bicyclic) bond motifs is 2. The smallest absolute Gasteiger partial charge is 0.308 e. The van der Waals surface area contributed by atoms with Crippen molar-refractivity contribution in [2.75, 3.05) is 13.6 Å². The van der Waals surface area contributed by atoms with Gasteiger partial charge in [-0.3, -0.25) is 9.59 Å². The van der Waals surface area contributed by atoms with E-state index < -0.39 is 5.97 Å². The maximum Gasteiger partial charge on any atom is 0.308 e. The lowest BCUT2D eigenvalue weighted by atomic mass is 9.84. The van der Waals surface area contributed by atoms with Gasteiger partial charge in [-0.1, -0.05) is 0 Å². The molecule has 4 atom stereocenters. The normalized spacial score (nSPS) is 36.3. The van der Waals surface area contributed by atoms with Crippen LogP contribution in [0.2, 0.25) is 0 Å².